The minimum Gasteiger partial charge on any atom is -0.480 e. The summed E-state index contributed by atoms with van der Waals surface area (Å²) in [5.41, 5.74) is 0.883. The summed E-state index contributed by atoms with van der Waals surface area (Å²) in [5.74, 6) is -0.198. The number of nitrogens with one attached hydrogen (secondary N) is 2. The minimum absolute atomic E-state index is 0.464. The quantitative estimate of drug-likeness (QED) is 0.568. The first-order valence-corrected chi connectivity index (χ1v) is 7.18. The van der Waals surface area contributed by atoms with Crippen molar-refractivity contribution >= 4 is 11.9 Å². The van der Waals surface area contributed by atoms with Crippen molar-refractivity contribution in [1.82, 2.24) is 15.3 Å². The molecule has 0 saturated carbocycles. The predicted octanol–water partition coefficient (Wildman–Crippen LogP) is 2.03. The van der Waals surface area contributed by atoms with Crippen LogP contribution in [0.5, 0.6) is 0 Å². The summed E-state index contributed by atoms with van der Waals surface area (Å²) in [6.07, 6.45) is 7.11. The van der Waals surface area contributed by atoms with E-state index in [1.54, 1.807) is 12.4 Å². The first-order valence-electron chi connectivity index (χ1n) is 7.18. The molecule has 1 aromatic heterocycles. The Labute approximate surface area is 120 Å². The zero-order chi connectivity index (χ0) is 14.8. The van der Waals surface area contributed by atoms with E-state index in [4.69, 9.17) is 5.11 Å². The van der Waals surface area contributed by atoms with Gasteiger partial charge in [-0.25, -0.2) is 9.97 Å². The van der Waals surface area contributed by atoms with Crippen molar-refractivity contribution in [3.63, 3.8) is 0 Å². The van der Waals surface area contributed by atoms with E-state index < -0.39 is 12.0 Å². The van der Waals surface area contributed by atoms with Crippen molar-refractivity contribution in [3.05, 3.63) is 18.0 Å². The maximum Gasteiger partial charge on any atom is 0.320 e. The van der Waals surface area contributed by atoms with Crippen LogP contribution in [-0.4, -0.2) is 33.6 Å². The van der Waals surface area contributed by atoms with Crippen molar-refractivity contribution in [2.24, 2.45) is 0 Å². The summed E-state index contributed by atoms with van der Waals surface area (Å²) in [5, 5.41) is 15.2. The topological polar surface area (TPSA) is 87.1 Å². The fourth-order valence-corrected chi connectivity index (χ4v) is 1.76. The lowest BCUT2D eigenvalue weighted by Gasteiger charge is -2.13. The second-order valence-electron chi connectivity index (χ2n) is 4.76. The van der Waals surface area contributed by atoms with Crippen LogP contribution in [0.3, 0.4) is 0 Å². The molecule has 1 atom stereocenters. The van der Waals surface area contributed by atoms with Gasteiger partial charge in [0.25, 0.3) is 0 Å². The normalized spacial score (nSPS) is 12.1. The Morgan fingerprint density at radius 1 is 1.30 bits per heavy atom. The van der Waals surface area contributed by atoms with E-state index in [1.807, 2.05) is 6.92 Å². The summed E-state index contributed by atoms with van der Waals surface area (Å²) >= 11 is 0. The number of aliphatic carboxylic acids is 1. The molecule has 0 spiro atoms. The summed E-state index contributed by atoms with van der Waals surface area (Å²) in [4.78, 5) is 19.4. The van der Waals surface area contributed by atoms with Crippen LogP contribution in [-0.2, 0) is 11.3 Å². The summed E-state index contributed by atoms with van der Waals surface area (Å²) < 4.78 is 0. The number of carbonyl (C=O) groups is 1. The zero-order valence-corrected chi connectivity index (χ0v) is 12.2. The number of aromatic nitrogens is 2. The van der Waals surface area contributed by atoms with E-state index in [0.29, 0.717) is 18.9 Å². The minimum atomic E-state index is -0.814. The first-order chi connectivity index (χ1) is 9.67. The highest BCUT2D eigenvalue weighted by molar-refractivity contribution is 5.73. The number of unbranched alkanes of at least 4 members (excludes halogenated alkanes) is 1. The van der Waals surface area contributed by atoms with Gasteiger partial charge in [0.2, 0.25) is 5.95 Å². The molecule has 1 rings (SSSR count). The van der Waals surface area contributed by atoms with Gasteiger partial charge in [-0.2, -0.15) is 0 Å². The van der Waals surface area contributed by atoms with E-state index in [1.165, 1.54) is 0 Å². The molecule has 0 amide bonds. The van der Waals surface area contributed by atoms with Crippen molar-refractivity contribution in [2.75, 3.05) is 11.9 Å². The van der Waals surface area contributed by atoms with Gasteiger partial charge in [0.05, 0.1) is 0 Å². The molecule has 0 aliphatic heterocycles. The monoisotopic (exact) mass is 280 g/mol. The molecule has 0 aliphatic carbocycles. The Hall–Kier alpha value is -1.69. The molecular formula is C14H24N4O2. The Kier molecular flexibility index (Phi) is 7.57. The highest BCUT2D eigenvalue weighted by Gasteiger charge is 2.15. The summed E-state index contributed by atoms with van der Waals surface area (Å²) in [7, 11) is 0. The number of carboxylic acids is 1. The third-order valence-electron chi connectivity index (χ3n) is 2.95. The Balaban J connectivity index is 2.42. The van der Waals surface area contributed by atoms with Crippen LogP contribution in [0.1, 0.15) is 45.1 Å². The standard InChI is InChI=1S/C14H24N4O2/c1-3-5-7-15-14-17-9-11(10-18-14)8-16-12(6-4-2)13(19)20/h9-10,12,16H,3-8H2,1-2H3,(H,19,20)(H,15,17,18)/t12-/m1/s1. The molecular weight excluding hydrogens is 256 g/mol. The molecule has 3 N–H and O–H groups in total. The number of hydrogen-bond acceptors (Lipinski definition) is 5. The Morgan fingerprint density at radius 2 is 2.00 bits per heavy atom. The van der Waals surface area contributed by atoms with Gasteiger partial charge in [-0.15, -0.1) is 0 Å². The lowest BCUT2D eigenvalue weighted by atomic mass is 10.1. The van der Waals surface area contributed by atoms with Crippen LogP contribution < -0.4 is 10.6 Å². The molecule has 0 bridgehead atoms. The van der Waals surface area contributed by atoms with E-state index in [0.717, 1.165) is 31.4 Å². The Bertz CT molecular complexity index is 395. The van der Waals surface area contributed by atoms with Crippen molar-refractivity contribution < 1.29 is 9.90 Å². The van der Waals surface area contributed by atoms with Gasteiger partial charge in [0.15, 0.2) is 0 Å². The molecule has 112 valence electrons. The Morgan fingerprint density at radius 3 is 2.55 bits per heavy atom. The van der Waals surface area contributed by atoms with Crippen LogP contribution in [0.25, 0.3) is 0 Å². The third kappa shape index (κ3) is 5.97. The van der Waals surface area contributed by atoms with Crippen LogP contribution >= 0.6 is 0 Å². The van der Waals surface area contributed by atoms with Gasteiger partial charge >= 0.3 is 5.97 Å². The second kappa shape index (κ2) is 9.25. The van der Waals surface area contributed by atoms with E-state index in [9.17, 15) is 4.79 Å². The van der Waals surface area contributed by atoms with Crippen molar-refractivity contribution in [2.45, 2.75) is 52.1 Å². The second-order valence-corrected chi connectivity index (χ2v) is 4.76. The number of rotatable bonds is 10. The van der Waals surface area contributed by atoms with Crippen LogP contribution in [0.4, 0.5) is 5.95 Å². The molecule has 0 fully saturated rings. The van der Waals surface area contributed by atoms with Gasteiger partial charge < -0.3 is 15.7 Å². The first kappa shape index (κ1) is 16.4. The molecule has 0 saturated heterocycles. The van der Waals surface area contributed by atoms with Crippen LogP contribution in [0, 0.1) is 0 Å². The SMILES string of the molecule is CCCCNc1ncc(CN[C@H](CCC)C(=O)O)cn1. The summed E-state index contributed by atoms with van der Waals surface area (Å²) in [6, 6.07) is -0.512. The number of hydrogen-bond donors (Lipinski definition) is 3. The van der Waals surface area contributed by atoms with Crippen LogP contribution in [0.15, 0.2) is 12.4 Å². The fourth-order valence-electron chi connectivity index (χ4n) is 1.76. The maximum atomic E-state index is 11.0. The molecule has 0 unspecified atom stereocenters. The molecule has 20 heavy (non-hydrogen) atoms. The fraction of sp³-hybridized carbons (Fsp3) is 0.643. The largest absolute Gasteiger partial charge is 0.480 e. The summed E-state index contributed by atoms with van der Waals surface area (Å²) in [6.45, 7) is 5.43. The molecule has 0 radical (unpaired) electrons. The van der Waals surface area contributed by atoms with Crippen LogP contribution in [0.2, 0.25) is 0 Å². The maximum absolute atomic E-state index is 11.0. The third-order valence-corrected chi connectivity index (χ3v) is 2.95. The van der Waals surface area contributed by atoms with E-state index in [2.05, 4.69) is 27.5 Å². The molecule has 1 heterocycles. The number of nitrogens with zero attached hydrogens (tertiary/aromatic N) is 2. The van der Waals surface area contributed by atoms with E-state index >= 15 is 0 Å². The highest BCUT2D eigenvalue weighted by Crippen LogP contribution is 2.03. The molecule has 1 aromatic rings. The van der Waals surface area contributed by atoms with Gasteiger partial charge in [-0.1, -0.05) is 26.7 Å². The van der Waals surface area contributed by atoms with Crippen molar-refractivity contribution in [1.29, 1.82) is 0 Å². The van der Waals surface area contributed by atoms with Gasteiger partial charge in [0, 0.05) is 31.0 Å². The number of anilines is 1. The van der Waals surface area contributed by atoms with Gasteiger partial charge in [-0.3, -0.25) is 4.79 Å². The lowest BCUT2D eigenvalue weighted by molar-refractivity contribution is -0.139. The molecule has 0 aliphatic rings. The average molecular weight is 280 g/mol. The molecule has 6 nitrogen and oxygen atoms in total. The number of carboxylic acid groups (broad SMARTS) is 1. The van der Waals surface area contributed by atoms with Crippen molar-refractivity contribution in [3.8, 4) is 0 Å². The average Bonchev–Trinajstić information content (AvgIpc) is 2.45. The smallest absolute Gasteiger partial charge is 0.320 e. The van der Waals surface area contributed by atoms with E-state index in [-0.39, 0.29) is 0 Å². The molecule has 0 aromatic carbocycles. The van der Waals surface area contributed by atoms with Gasteiger partial charge in [0.1, 0.15) is 6.04 Å². The highest BCUT2D eigenvalue weighted by atomic mass is 16.4. The van der Waals surface area contributed by atoms with Gasteiger partial charge in [-0.05, 0) is 12.8 Å². The molecule has 6 heteroatoms. The zero-order valence-electron chi connectivity index (χ0n) is 12.2. The predicted molar refractivity (Wildman–Crippen MR) is 78.6 cm³/mol. The lowest BCUT2D eigenvalue weighted by Crippen LogP contribution is -2.36.